The minimum absolute atomic E-state index is 0.614. The average molecular weight is 390 g/mol. The fraction of sp³-hybridized carbons (Fsp3) is 0.435. The number of benzene rings is 1. The summed E-state index contributed by atoms with van der Waals surface area (Å²) in [4.78, 5) is 14.0. The molecule has 1 fully saturated rings. The number of rotatable bonds is 4. The van der Waals surface area contributed by atoms with E-state index in [0.717, 1.165) is 49.9 Å². The van der Waals surface area contributed by atoms with Crippen LogP contribution < -0.4 is 4.90 Å². The van der Waals surface area contributed by atoms with Gasteiger partial charge in [-0.05, 0) is 48.4 Å². The number of pyridine rings is 1. The number of hydrogen-bond acceptors (Lipinski definition) is 6. The van der Waals surface area contributed by atoms with Crippen molar-refractivity contribution >= 4 is 5.82 Å². The van der Waals surface area contributed by atoms with Gasteiger partial charge in [-0.25, -0.2) is 4.98 Å². The predicted octanol–water partition coefficient (Wildman–Crippen LogP) is 3.93. The molecule has 0 spiro atoms. The second-order valence-electron chi connectivity index (χ2n) is 8.34. The molecule has 6 heteroatoms. The molecule has 2 aromatic heterocycles. The molecule has 3 aromatic rings. The molecule has 2 aliphatic heterocycles. The Morgan fingerprint density at radius 2 is 2.00 bits per heavy atom. The molecule has 0 aliphatic carbocycles. The Kier molecular flexibility index (Phi) is 5.02. The minimum Gasteiger partial charge on any atom is -0.356 e. The van der Waals surface area contributed by atoms with Crippen molar-refractivity contribution in [3.8, 4) is 11.4 Å². The van der Waals surface area contributed by atoms with Crippen molar-refractivity contribution in [1.82, 2.24) is 20.0 Å². The molecular formula is C23H27N5O. The van der Waals surface area contributed by atoms with E-state index in [2.05, 4.69) is 62.2 Å². The molecular weight excluding hydrogens is 362 g/mol. The quantitative estimate of drug-likeness (QED) is 0.674. The van der Waals surface area contributed by atoms with Crippen molar-refractivity contribution < 1.29 is 4.52 Å². The number of piperidine rings is 1. The first-order valence-electron chi connectivity index (χ1n) is 10.6. The van der Waals surface area contributed by atoms with Gasteiger partial charge in [0.1, 0.15) is 5.82 Å². The molecule has 0 N–H and O–H groups in total. The monoisotopic (exact) mass is 389 g/mol. The van der Waals surface area contributed by atoms with Crippen LogP contribution in [0.5, 0.6) is 0 Å². The molecule has 2 aliphatic rings. The summed E-state index contributed by atoms with van der Waals surface area (Å²) in [7, 11) is 0. The van der Waals surface area contributed by atoms with Crippen molar-refractivity contribution in [2.45, 2.75) is 39.3 Å². The van der Waals surface area contributed by atoms with Crippen LogP contribution in [0.4, 0.5) is 5.82 Å². The zero-order valence-corrected chi connectivity index (χ0v) is 16.9. The maximum atomic E-state index is 5.53. The third-order valence-electron chi connectivity index (χ3n) is 6.02. The van der Waals surface area contributed by atoms with E-state index in [1.807, 2.05) is 12.3 Å². The van der Waals surface area contributed by atoms with Crippen molar-refractivity contribution in [1.29, 1.82) is 0 Å². The molecule has 29 heavy (non-hydrogen) atoms. The van der Waals surface area contributed by atoms with E-state index in [-0.39, 0.29) is 0 Å². The predicted molar refractivity (Wildman–Crippen MR) is 112 cm³/mol. The Morgan fingerprint density at radius 3 is 2.83 bits per heavy atom. The fourth-order valence-electron chi connectivity index (χ4n) is 4.42. The van der Waals surface area contributed by atoms with Crippen LogP contribution in [-0.4, -0.2) is 39.7 Å². The molecule has 5 rings (SSSR count). The Hall–Kier alpha value is -2.73. The summed E-state index contributed by atoms with van der Waals surface area (Å²) in [6, 6.07) is 12.8. The van der Waals surface area contributed by atoms with Crippen LogP contribution in [0.25, 0.3) is 11.4 Å². The average Bonchev–Trinajstić information content (AvgIpc) is 3.22. The van der Waals surface area contributed by atoms with Gasteiger partial charge < -0.3 is 9.42 Å². The number of hydrogen-bond donors (Lipinski definition) is 0. The summed E-state index contributed by atoms with van der Waals surface area (Å²) in [5, 5.41) is 4.18. The second kappa shape index (κ2) is 7.95. The molecule has 0 unspecified atom stereocenters. The highest BCUT2D eigenvalue weighted by Gasteiger charge is 2.20. The molecule has 150 valence electrons. The van der Waals surface area contributed by atoms with Gasteiger partial charge >= 0.3 is 0 Å². The third-order valence-corrected chi connectivity index (χ3v) is 6.02. The molecule has 0 amide bonds. The van der Waals surface area contributed by atoms with Gasteiger partial charge in [0, 0.05) is 37.9 Å². The molecule has 0 bridgehead atoms. The summed E-state index contributed by atoms with van der Waals surface area (Å²) in [5.41, 5.74) is 3.74. The van der Waals surface area contributed by atoms with Gasteiger partial charge in [0.05, 0.1) is 6.54 Å². The maximum Gasteiger partial charge on any atom is 0.241 e. The lowest BCUT2D eigenvalue weighted by Gasteiger charge is -2.31. The van der Waals surface area contributed by atoms with Gasteiger partial charge in [0.25, 0.3) is 0 Å². The zero-order valence-electron chi connectivity index (χ0n) is 16.9. The van der Waals surface area contributed by atoms with Gasteiger partial charge in [-0.3, -0.25) is 4.90 Å². The lowest BCUT2D eigenvalue weighted by Crippen LogP contribution is -2.34. The van der Waals surface area contributed by atoms with Crippen LogP contribution in [0.15, 0.2) is 47.1 Å². The summed E-state index contributed by atoms with van der Waals surface area (Å²) in [6.07, 6.45) is 5.47. The molecule has 6 nitrogen and oxygen atoms in total. The van der Waals surface area contributed by atoms with E-state index >= 15 is 0 Å². The van der Waals surface area contributed by atoms with Crippen molar-refractivity contribution in [3.63, 3.8) is 0 Å². The van der Waals surface area contributed by atoms with Crippen LogP contribution in [0.3, 0.4) is 0 Å². The van der Waals surface area contributed by atoms with E-state index in [9.17, 15) is 0 Å². The van der Waals surface area contributed by atoms with Crippen LogP contribution in [-0.2, 0) is 19.5 Å². The molecule has 1 aromatic carbocycles. The summed E-state index contributed by atoms with van der Waals surface area (Å²) >= 11 is 0. The van der Waals surface area contributed by atoms with Crippen molar-refractivity contribution in [3.05, 3.63) is 59.6 Å². The first-order chi connectivity index (χ1) is 14.2. The highest BCUT2D eigenvalue weighted by Crippen LogP contribution is 2.24. The third kappa shape index (κ3) is 4.03. The van der Waals surface area contributed by atoms with Gasteiger partial charge in [-0.15, -0.1) is 0 Å². The summed E-state index contributed by atoms with van der Waals surface area (Å²) in [6.45, 7) is 7.10. The molecule has 1 atom stereocenters. The standard InChI is InChI=1S/C23H27N5O/c1-17-5-4-11-28(14-17)21-9-8-19(13-24-21)23-25-22(29-26-23)16-27-12-10-18-6-2-3-7-20(18)15-27/h2-3,6-9,13,17H,4-5,10-12,14-16H2,1H3/t17-/m1/s1. The normalized spacial score (nSPS) is 19.9. The SMILES string of the molecule is C[C@@H]1CCCN(c2ccc(-c3noc(CN4CCc5ccccc5C4)n3)cn2)C1. The lowest BCUT2D eigenvalue weighted by atomic mass is 10.00. The maximum absolute atomic E-state index is 5.53. The van der Waals surface area contributed by atoms with Crippen LogP contribution in [0, 0.1) is 5.92 Å². The fourth-order valence-corrected chi connectivity index (χ4v) is 4.42. The second-order valence-corrected chi connectivity index (χ2v) is 8.34. The van der Waals surface area contributed by atoms with Gasteiger partial charge in [-0.2, -0.15) is 4.98 Å². The van der Waals surface area contributed by atoms with E-state index in [0.29, 0.717) is 18.3 Å². The van der Waals surface area contributed by atoms with E-state index < -0.39 is 0 Å². The summed E-state index contributed by atoms with van der Waals surface area (Å²) < 4.78 is 5.53. The molecule has 0 radical (unpaired) electrons. The lowest BCUT2D eigenvalue weighted by molar-refractivity contribution is 0.210. The number of nitrogens with zero attached hydrogens (tertiary/aromatic N) is 5. The Morgan fingerprint density at radius 1 is 1.10 bits per heavy atom. The number of fused-ring (bicyclic) bond motifs is 1. The number of anilines is 1. The van der Waals surface area contributed by atoms with E-state index in [4.69, 9.17) is 4.52 Å². The first-order valence-corrected chi connectivity index (χ1v) is 10.6. The number of aromatic nitrogens is 3. The Balaban J connectivity index is 1.24. The van der Waals surface area contributed by atoms with E-state index in [1.165, 1.54) is 24.0 Å². The topological polar surface area (TPSA) is 58.3 Å². The van der Waals surface area contributed by atoms with Gasteiger partial charge in [-0.1, -0.05) is 36.3 Å². The van der Waals surface area contributed by atoms with Crippen LogP contribution >= 0.6 is 0 Å². The Labute approximate surface area is 171 Å². The van der Waals surface area contributed by atoms with Gasteiger partial charge in [0.2, 0.25) is 11.7 Å². The Bertz CT molecular complexity index is 967. The highest BCUT2D eigenvalue weighted by molar-refractivity contribution is 5.56. The molecule has 0 saturated carbocycles. The first kappa shape index (κ1) is 18.3. The van der Waals surface area contributed by atoms with Crippen LogP contribution in [0.2, 0.25) is 0 Å². The highest BCUT2D eigenvalue weighted by atomic mass is 16.5. The largest absolute Gasteiger partial charge is 0.356 e. The van der Waals surface area contributed by atoms with Crippen molar-refractivity contribution in [2.24, 2.45) is 5.92 Å². The van der Waals surface area contributed by atoms with Gasteiger partial charge in [0.15, 0.2) is 0 Å². The molecule has 1 saturated heterocycles. The minimum atomic E-state index is 0.614. The van der Waals surface area contributed by atoms with E-state index in [1.54, 1.807) is 0 Å². The summed E-state index contributed by atoms with van der Waals surface area (Å²) in [5.74, 6) is 3.04. The zero-order chi connectivity index (χ0) is 19.6. The molecule has 4 heterocycles. The smallest absolute Gasteiger partial charge is 0.241 e. The van der Waals surface area contributed by atoms with Crippen LogP contribution in [0.1, 0.15) is 36.8 Å². The van der Waals surface area contributed by atoms with Crippen molar-refractivity contribution in [2.75, 3.05) is 24.5 Å².